The van der Waals surface area contributed by atoms with Gasteiger partial charge in [0.05, 0.1) is 10.4 Å². The zero-order valence-corrected chi connectivity index (χ0v) is 27.1. The average Bonchev–Trinajstić information content (AvgIpc) is 3.01. The van der Waals surface area contributed by atoms with Crippen molar-refractivity contribution in [1.82, 2.24) is 10.6 Å². The topological polar surface area (TPSA) is 90.5 Å². The third-order valence-electron chi connectivity index (χ3n) is 8.51. The molecule has 3 aromatic carbocycles. The van der Waals surface area contributed by atoms with E-state index in [0.717, 1.165) is 24.1 Å². The van der Waals surface area contributed by atoms with Crippen molar-refractivity contribution in [2.45, 2.75) is 74.1 Å². The first-order valence-corrected chi connectivity index (χ1v) is 17.2. The molecule has 11 heteroatoms. The lowest BCUT2D eigenvalue weighted by molar-refractivity contribution is -0.166. The smallest absolute Gasteiger partial charge is 0.383 e. The van der Waals surface area contributed by atoms with Gasteiger partial charge in [0, 0.05) is 44.3 Å². The normalized spacial score (nSPS) is 16.4. The predicted molar refractivity (Wildman–Crippen MR) is 174 cm³/mol. The van der Waals surface area contributed by atoms with Gasteiger partial charge in [-0.1, -0.05) is 62.6 Å². The number of rotatable bonds is 12. The lowest BCUT2D eigenvalue weighted by Gasteiger charge is -2.41. The van der Waals surface area contributed by atoms with Crippen LogP contribution >= 0.6 is 0 Å². The molecule has 0 radical (unpaired) electrons. The van der Waals surface area contributed by atoms with Crippen LogP contribution in [0.4, 0.5) is 24.5 Å². The van der Waals surface area contributed by atoms with E-state index in [1.54, 1.807) is 24.3 Å². The van der Waals surface area contributed by atoms with Crippen LogP contribution < -0.4 is 20.9 Å². The third kappa shape index (κ3) is 8.79. The molecular formula is C34H43F3N4O3S. The summed E-state index contributed by atoms with van der Waals surface area (Å²) in [6.07, 6.45) is -0.125. The molecule has 244 valence electrons. The molecule has 1 aliphatic carbocycles. The molecule has 3 aromatic rings. The summed E-state index contributed by atoms with van der Waals surface area (Å²) in [6, 6.07) is 17.8. The first-order chi connectivity index (χ1) is 21.2. The fourth-order valence-electron chi connectivity index (χ4n) is 5.72. The number of benzene rings is 3. The molecule has 4 rings (SSSR count). The third-order valence-corrected chi connectivity index (χ3v) is 9.64. The van der Waals surface area contributed by atoms with Gasteiger partial charge in [-0.2, -0.15) is 13.2 Å². The van der Waals surface area contributed by atoms with Crippen molar-refractivity contribution in [3.05, 3.63) is 78.4 Å². The number of carbonyl (C=O) groups excluding carboxylic acids is 1. The molecule has 1 fully saturated rings. The van der Waals surface area contributed by atoms with Crippen molar-refractivity contribution >= 4 is 27.1 Å². The Hall–Kier alpha value is -3.57. The standard InChI is InChI=1S/C34H43F3N4O3S/c1-5-27(23-38-28-15-17-29(18-16-28)41(2)3)39-32(42)33(21-7-6-8-22-33)40-31(34(35,36)37)26-11-9-24(10-12-26)25-13-19-30(20-14-25)45(4,43)44/h9-20,27,31,38,40H,5-8,21-23H2,1-4H3,(H,39,42)/t27-,31-/m0/s1. The van der Waals surface area contributed by atoms with Gasteiger partial charge in [-0.3, -0.25) is 10.1 Å². The van der Waals surface area contributed by atoms with Crippen LogP contribution in [0.15, 0.2) is 77.7 Å². The number of nitrogens with one attached hydrogen (secondary N) is 3. The molecule has 0 unspecified atom stereocenters. The number of hydrogen-bond donors (Lipinski definition) is 3. The summed E-state index contributed by atoms with van der Waals surface area (Å²) in [5.41, 5.74) is 1.93. The molecule has 0 saturated heterocycles. The Labute approximate surface area is 264 Å². The monoisotopic (exact) mass is 644 g/mol. The summed E-state index contributed by atoms with van der Waals surface area (Å²) in [5, 5.41) is 9.19. The van der Waals surface area contributed by atoms with Gasteiger partial charge >= 0.3 is 6.18 Å². The minimum absolute atomic E-state index is 0.00614. The van der Waals surface area contributed by atoms with Crippen LogP contribution in [0.25, 0.3) is 11.1 Å². The number of halogens is 3. The lowest BCUT2D eigenvalue weighted by Crippen LogP contribution is -2.62. The largest absolute Gasteiger partial charge is 0.407 e. The number of amides is 1. The summed E-state index contributed by atoms with van der Waals surface area (Å²) in [6.45, 7) is 2.38. The summed E-state index contributed by atoms with van der Waals surface area (Å²) in [7, 11) is 0.558. The molecule has 0 aliphatic heterocycles. The van der Waals surface area contributed by atoms with E-state index in [9.17, 15) is 26.4 Å². The Balaban J connectivity index is 1.51. The van der Waals surface area contributed by atoms with E-state index in [-0.39, 0.29) is 16.5 Å². The van der Waals surface area contributed by atoms with Gasteiger partial charge in [-0.25, -0.2) is 8.42 Å². The number of sulfone groups is 1. The molecular weight excluding hydrogens is 601 g/mol. The van der Waals surface area contributed by atoms with Crippen LogP contribution in [-0.4, -0.2) is 59.0 Å². The van der Waals surface area contributed by atoms with Gasteiger partial charge in [-0.05, 0) is 72.4 Å². The number of hydrogen-bond acceptors (Lipinski definition) is 6. The number of carbonyl (C=O) groups is 1. The number of alkyl halides is 3. The van der Waals surface area contributed by atoms with E-state index in [4.69, 9.17) is 0 Å². The molecule has 0 aromatic heterocycles. The summed E-state index contributed by atoms with van der Waals surface area (Å²) < 4.78 is 67.4. The lowest BCUT2D eigenvalue weighted by atomic mass is 9.79. The fraction of sp³-hybridized carbons (Fsp3) is 0.441. The highest BCUT2D eigenvalue weighted by Gasteiger charge is 2.49. The highest BCUT2D eigenvalue weighted by atomic mass is 32.2. The van der Waals surface area contributed by atoms with Gasteiger partial charge in [0.15, 0.2) is 9.84 Å². The molecule has 0 spiro atoms. The summed E-state index contributed by atoms with van der Waals surface area (Å²) in [5.74, 6) is -0.407. The second-order valence-corrected chi connectivity index (χ2v) is 14.1. The van der Waals surface area contributed by atoms with Crippen molar-refractivity contribution < 1.29 is 26.4 Å². The van der Waals surface area contributed by atoms with Crippen LogP contribution in [0.1, 0.15) is 57.1 Å². The van der Waals surface area contributed by atoms with Gasteiger partial charge in [0.25, 0.3) is 0 Å². The van der Waals surface area contributed by atoms with E-state index in [2.05, 4.69) is 16.0 Å². The predicted octanol–water partition coefficient (Wildman–Crippen LogP) is 6.73. The van der Waals surface area contributed by atoms with Crippen molar-refractivity contribution in [3.63, 3.8) is 0 Å². The van der Waals surface area contributed by atoms with Crippen LogP contribution in [-0.2, 0) is 14.6 Å². The van der Waals surface area contributed by atoms with E-state index in [1.165, 1.54) is 24.3 Å². The van der Waals surface area contributed by atoms with Crippen LogP contribution in [0.3, 0.4) is 0 Å². The molecule has 7 nitrogen and oxygen atoms in total. The summed E-state index contributed by atoms with van der Waals surface area (Å²) in [4.78, 5) is 16.0. The zero-order valence-electron chi connectivity index (χ0n) is 26.2. The van der Waals surface area contributed by atoms with E-state index < -0.39 is 33.5 Å². The molecule has 2 atom stereocenters. The Morgan fingerprint density at radius 3 is 1.93 bits per heavy atom. The minimum atomic E-state index is -4.65. The quantitative estimate of drug-likeness (QED) is 0.203. The van der Waals surface area contributed by atoms with E-state index in [1.807, 2.05) is 50.2 Å². The molecule has 1 aliphatic rings. The highest BCUT2D eigenvalue weighted by molar-refractivity contribution is 7.90. The van der Waals surface area contributed by atoms with E-state index in [0.29, 0.717) is 49.8 Å². The van der Waals surface area contributed by atoms with Crippen molar-refractivity contribution in [2.24, 2.45) is 0 Å². The van der Waals surface area contributed by atoms with Gasteiger partial charge in [-0.15, -0.1) is 0 Å². The molecule has 1 amide bonds. The number of anilines is 2. The second-order valence-electron chi connectivity index (χ2n) is 12.1. The maximum Gasteiger partial charge on any atom is 0.407 e. The van der Waals surface area contributed by atoms with Crippen molar-refractivity contribution in [2.75, 3.05) is 37.1 Å². The Kier molecular flexibility index (Phi) is 10.9. The second kappa shape index (κ2) is 14.2. The van der Waals surface area contributed by atoms with Crippen LogP contribution in [0, 0.1) is 0 Å². The molecule has 0 bridgehead atoms. The number of nitrogens with zero attached hydrogens (tertiary/aromatic N) is 1. The highest BCUT2D eigenvalue weighted by Crippen LogP contribution is 2.39. The average molecular weight is 645 g/mol. The molecule has 45 heavy (non-hydrogen) atoms. The fourth-order valence-corrected chi connectivity index (χ4v) is 6.36. The molecule has 1 saturated carbocycles. The zero-order chi connectivity index (χ0) is 32.8. The van der Waals surface area contributed by atoms with Crippen molar-refractivity contribution in [3.8, 4) is 11.1 Å². The van der Waals surface area contributed by atoms with Crippen LogP contribution in [0.2, 0.25) is 0 Å². The Bertz CT molecular complexity index is 1520. The Morgan fingerprint density at radius 1 is 0.889 bits per heavy atom. The first-order valence-electron chi connectivity index (χ1n) is 15.3. The summed E-state index contributed by atoms with van der Waals surface area (Å²) >= 11 is 0. The van der Waals surface area contributed by atoms with Crippen LogP contribution in [0.5, 0.6) is 0 Å². The first kappa shape index (κ1) is 34.3. The SMILES string of the molecule is CC[C@@H](CNc1ccc(N(C)C)cc1)NC(=O)C1(N[C@@H](c2ccc(-c3ccc(S(C)(=O)=O)cc3)cc2)C(F)(F)F)CCCCC1. The van der Waals surface area contributed by atoms with E-state index >= 15 is 0 Å². The molecule has 3 N–H and O–H groups in total. The van der Waals surface area contributed by atoms with Gasteiger partial charge < -0.3 is 15.5 Å². The van der Waals surface area contributed by atoms with Gasteiger partial charge in [0.2, 0.25) is 5.91 Å². The van der Waals surface area contributed by atoms with Gasteiger partial charge in [0.1, 0.15) is 6.04 Å². The minimum Gasteiger partial charge on any atom is -0.383 e. The maximum atomic E-state index is 14.6. The van der Waals surface area contributed by atoms with Crippen molar-refractivity contribution in [1.29, 1.82) is 0 Å². The Morgan fingerprint density at radius 2 is 1.44 bits per heavy atom. The maximum absolute atomic E-state index is 14.6. The molecule has 0 heterocycles.